The third kappa shape index (κ3) is 2.27. The van der Waals surface area contributed by atoms with E-state index in [1.807, 2.05) is 14.0 Å². The van der Waals surface area contributed by atoms with E-state index in [2.05, 4.69) is 25.2 Å². The molecule has 0 aliphatic rings. The lowest BCUT2D eigenvalue weighted by Gasteiger charge is -2.18. The van der Waals surface area contributed by atoms with Gasteiger partial charge in [-0.05, 0) is 56.1 Å². The van der Waals surface area contributed by atoms with Crippen molar-refractivity contribution in [3.8, 4) is 5.75 Å². The fraction of sp³-hybridized carbons (Fsp3) is 0.500. The Morgan fingerprint density at radius 1 is 1.27 bits per heavy atom. The number of hydrogen-bond donors (Lipinski definition) is 1. The molecule has 0 bridgehead atoms. The maximum Gasteiger partial charge on any atom is 0.124 e. The minimum absolute atomic E-state index is 0.145. The molecule has 2 nitrogen and oxygen atoms in total. The summed E-state index contributed by atoms with van der Waals surface area (Å²) in [5, 5.41) is 3.04. The van der Waals surface area contributed by atoms with Crippen molar-refractivity contribution in [1.29, 1.82) is 0 Å². The zero-order valence-corrected chi connectivity index (χ0v) is 10.7. The summed E-state index contributed by atoms with van der Waals surface area (Å²) in [5.74, 6) is 0.955. The van der Waals surface area contributed by atoms with Crippen LogP contribution >= 0.6 is 11.6 Å². The molecule has 84 valence electrons. The fourth-order valence-corrected chi connectivity index (χ4v) is 2.05. The Labute approximate surface area is 96.6 Å². The van der Waals surface area contributed by atoms with Crippen LogP contribution in [0.4, 0.5) is 0 Å². The largest absolute Gasteiger partial charge is 0.496 e. The van der Waals surface area contributed by atoms with Crippen molar-refractivity contribution >= 4 is 11.6 Å². The quantitative estimate of drug-likeness (QED) is 0.633. The molecular weight excluding hydrogens is 210 g/mol. The zero-order valence-electron chi connectivity index (χ0n) is 9.94. The summed E-state index contributed by atoms with van der Waals surface area (Å²) in [4.78, 5) is 0. The van der Waals surface area contributed by atoms with Gasteiger partial charge in [-0.3, -0.25) is 0 Å². The average molecular weight is 228 g/mol. The van der Waals surface area contributed by atoms with E-state index in [1.54, 1.807) is 7.11 Å². The number of rotatable bonds is 3. The van der Waals surface area contributed by atoms with Crippen LogP contribution in [-0.4, -0.2) is 14.2 Å². The maximum absolute atomic E-state index is 6.18. The Balaban J connectivity index is 3.33. The highest BCUT2D eigenvalue weighted by molar-refractivity contribution is 6.20. The highest BCUT2D eigenvalue weighted by atomic mass is 35.5. The van der Waals surface area contributed by atoms with Gasteiger partial charge in [0.15, 0.2) is 0 Å². The van der Waals surface area contributed by atoms with Crippen LogP contribution in [0.2, 0.25) is 0 Å². The molecule has 15 heavy (non-hydrogen) atoms. The molecule has 0 spiro atoms. The fourth-order valence-electron chi connectivity index (χ4n) is 1.82. The van der Waals surface area contributed by atoms with Gasteiger partial charge in [-0.15, -0.1) is 11.6 Å². The molecular formula is C12H18ClNO. The average Bonchev–Trinajstić information content (AvgIpc) is 2.23. The summed E-state index contributed by atoms with van der Waals surface area (Å²) in [6.45, 7) is 6.16. The molecule has 0 amide bonds. The summed E-state index contributed by atoms with van der Waals surface area (Å²) < 4.78 is 5.36. The van der Waals surface area contributed by atoms with Crippen LogP contribution in [0.1, 0.15) is 27.8 Å². The van der Waals surface area contributed by atoms with Crippen molar-refractivity contribution in [1.82, 2.24) is 5.32 Å². The molecule has 1 aromatic carbocycles. The summed E-state index contributed by atoms with van der Waals surface area (Å²) in [6.07, 6.45) is 0. The smallest absolute Gasteiger partial charge is 0.124 e. The number of halogens is 1. The van der Waals surface area contributed by atoms with Gasteiger partial charge in [-0.2, -0.15) is 0 Å². The van der Waals surface area contributed by atoms with Gasteiger partial charge in [-0.25, -0.2) is 0 Å². The van der Waals surface area contributed by atoms with Gasteiger partial charge in [0.25, 0.3) is 0 Å². The van der Waals surface area contributed by atoms with E-state index in [0.717, 1.165) is 22.4 Å². The lowest BCUT2D eigenvalue weighted by Crippen LogP contribution is -2.12. The van der Waals surface area contributed by atoms with Crippen molar-refractivity contribution in [3.63, 3.8) is 0 Å². The van der Waals surface area contributed by atoms with Gasteiger partial charge < -0.3 is 10.1 Å². The van der Waals surface area contributed by atoms with E-state index in [9.17, 15) is 0 Å². The highest BCUT2D eigenvalue weighted by Crippen LogP contribution is 2.32. The predicted molar refractivity (Wildman–Crippen MR) is 64.9 cm³/mol. The van der Waals surface area contributed by atoms with E-state index in [1.165, 1.54) is 5.56 Å². The topological polar surface area (TPSA) is 21.3 Å². The molecule has 1 aromatic rings. The molecule has 1 atom stereocenters. The van der Waals surface area contributed by atoms with E-state index in [4.69, 9.17) is 16.3 Å². The third-order valence-electron chi connectivity index (χ3n) is 2.80. The van der Waals surface area contributed by atoms with Crippen molar-refractivity contribution in [3.05, 3.63) is 28.3 Å². The van der Waals surface area contributed by atoms with E-state index in [0.29, 0.717) is 0 Å². The van der Waals surface area contributed by atoms with Crippen LogP contribution < -0.4 is 10.1 Å². The Morgan fingerprint density at radius 2 is 1.87 bits per heavy atom. The summed E-state index contributed by atoms with van der Waals surface area (Å²) in [7, 11) is 3.55. The predicted octanol–water partition coefficient (Wildman–Crippen LogP) is 3.08. The Morgan fingerprint density at radius 3 is 2.33 bits per heavy atom. The van der Waals surface area contributed by atoms with Crippen molar-refractivity contribution in [2.45, 2.75) is 26.3 Å². The van der Waals surface area contributed by atoms with Crippen LogP contribution in [-0.2, 0) is 0 Å². The van der Waals surface area contributed by atoms with Crippen molar-refractivity contribution in [2.24, 2.45) is 0 Å². The molecule has 0 aliphatic heterocycles. The first-order chi connectivity index (χ1) is 7.02. The molecule has 0 saturated heterocycles. The van der Waals surface area contributed by atoms with E-state index < -0.39 is 0 Å². The van der Waals surface area contributed by atoms with Crippen LogP contribution in [0.5, 0.6) is 5.75 Å². The number of ether oxygens (including phenoxy) is 1. The minimum Gasteiger partial charge on any atom is -0.496 e. The number of hydrogen-bond acceptors (Lipinski definition) is 2. The second kappa shape index (κ2) is 4.86. The molecule has 0 saturated carbocycles. The number of alkyl halides is 1. The molecule has 1 rings (SSSR count). The van der Waals surface area contributed by atoms with Gasteiger partial charge in [0.05, 0.1) is 7.11 Å². The Bertz CT molecular complexity index is 363. The minimum atomic E-state index is -0.145. The summed E-state index contributed by atoms with van der Waals surface area (Å²) in [5.41, 5.74) is 4.44. The number of methoxy groups -OCH3 is 1. The van der Waals surface area contributed by atoms with Gasteiger partial charge in [0.1, 0.15) is 11.3 Å². The standard InChI is InChI=1S/C12H18ClNO/c1-7-6-10(12(13)14-4)8(2)9(3)11(7)15-5/h6,12,14H,1-5H3. The van der Waals surface area contributed by atoms with Crippen LogP contribution in [0.25, 0.3) is 0 Å². The molecule has 0 radical (unpaired) electrons. The normalized spacial score (nSPS) is 12.7. The summed E-state index contributed by atoms with van der Waals surface area (Å²) >= 11 is 6.18. The second-order valence-corrected chi connectivity index (χ2v) is 4.15. The first kappa shape index (κ1) is 12.3. The lowest BCUT2D eigenvalue weighted by molar-refractivity contribution is 0.408. The molecule has 0 aliphatic carbocycles. The van der Waals surface area contributed by atoms with E-state index in [-0.39, 0.29) is 5.50 Å². The zero-order chi connectivity index (χ0) is 11.6. The maximum atomic E-state index is 6.18. The molecule has 0 fully saturated rings. The van der Waals surface area contributed by atoms with Gasteiger partial charge in [0.2, 0.25) is 0 Å². The van der Waals surface area contributed by atoms with Gasteiger partial charge in [-0.1, -0.05) is 0 Å². The molecule has 0 heterocycles. The number of nitrogens with one attached hydrogen (secondary N) is 1. The SMILES string of the molecule is CNC(Cl)c1cc(C)c(OC)c(C)c1C. The highest BCUT2D eigenvalue weighted by Gasteiger charge is 2.14. The molecule has 0 aromatic heterocycles. The van der Waals surface area contributed by atoms with E-state index >= 15 is 0 Å². The van der Waals surface area contributed by atoms with Gasteiger partial charge in [0, 0.05) is 0 Å². The van der Waals surface area contributed by atoms with Crippen LogP contribution in [0.15, 0.2) is 6.07 Å². The second-order valence-electron chi connectivity index (χ2n) is 3.72. The third-order valence-corrected chi connectivity index (χ3v) is 3.25. The first-order valence-corrected chi connectivity index (χ1v) is 5.42. The Kier molecular flexibility index (Phi) is 4.00. The van der Waals surface area contributed by atoms with Gasteiger partial charge >= 0.3 is 0 Å². The monoisotopic (exact) mass is 227 g/mol. The number of benzene rings is 1. The first-order valence-electron chi connectivity index (χ1n) is 4.99. The van der Waals surface area contributed by atoms with Crippen LogP contribution in [0.3, 0.4) is 0 Å². The molecule has 3 heteroatoms. The van der Waals surface area contributed by atoms with Crippen LogP contribution in [0, 0.1) is 20.8 Å². The Hall–Kier alpha value is -0.730. The lowest BCUT2D eigenvalue weighted by atomic mass is 9.98. The summed E-state index contributed by atoms with van der Waals surface area (Å²) in [6, 6.07) is 2.08. The van der Waals surface area contributed by atoms with Crippen molar-refractivity contribution in [2.75, 3.05) is 14.2 Å². The molecule has 1 unspecified atom stereocenters. The molecule has 1 N–H and O–H groups in total. The van der Waals surface area contributed by atoms with Crippen molar-refractivity contribution < 1.29 is 4.74 Å². The number of aryl methyl sites for hydroxylation is 1.